The smallest absolute Gasteiger partial charge is 0.232 e. The molecule has 0 unspecified atom stereocenters. The molecule has 0 amide bonds. The number of anilines is 1. The Kier molecular flexibility index (Phi) is 6.19. The molecule has 0 atom stereocenters. The number of hydrogen-bond donors (Lipinski definition) is 0. The molecule has 0 aliphatic heterocycles. The summed E-state index contributed by atoms with van der Waals surface area (Å²) in [4.78, 5) is 2.21. The van der Waals surface area contributed by atoms with E-state index < -0.39 is 10.0 Å². The fourth-order valence-electron chi connectivity index (χ4n) is 2.54. The lowest BCUT2D eigenvalue weighted by molar-refractivity contribution is 0.324. The first-order chi connectivity index (χ1) is 11.0. The summed E-state index contributed by atoms with van der Waals surface area (Å²) >= 11 is 0. The summed E-state index contributed by atoms with van der Waals surface area (Å²) in [5.41, 5.74) is 1.98. The summed E-state index contributed by atoms with van der Waals surface area (Å²) in [6.07, 6.45) is 2.04. The topological polar surface area (TPSA) is 40.6 Å². The van der Waals surface area contributed by atoms with Crippen molar-refractivity contribution < 1.29 is 8.42 Å². The monoisotopic (exact) mass is 332 g/mol. The van der Waals surface area contributed by atoms with E-state index in [0.717, 1.165) is 25.2 Å². The maximum absolute atomic E-state index is 12.0. The van der Waals surface area contributed by atoms with Gasteiger partial charge in [0.05, 0.1) is 11.9 Å². The average molecular weight is 332 g/mol. The van der Waals surface area contributed by atoms with Crippen molar-refractivity contribution in [3.8, 4) is 0 Å². The number of rotatable bonds is 8. The van der Waals surface area contributed by atoms with Gasteiger partial charge < -0.3 is 4.90 Å². The molecule has 2 aromatic carbocycles. The molecule has 0 saturated heterocycles. The van der Waals surface area contributed by atoms with Crippen LogP contribution in [0.5, 0.6) is 0 Å². The number of benzene rings is 2. The molecule has 2 aromatic rings. The van der Waals surface area contributed by atoms with Crippen LogP contribution in [0.3, 0.4) is 0 Å². The number of nitrogens with zero attached hydrogens (tertiary/aromatic N) is 2. The van der Waals surface area contributed by atoms with Crippen molar-refractivity contribution in [2.75, 3.05) is 30.7 Å². The zero-order valence-electron chi connectivity index (χ0n) is 13.7. The van der Waals surface area contributed by atoms with E-state index in [1.165, 1.54) is 16.1 Å². The molecule has 0 N–H and O–H groups in total. The fourth-order valence-corrected chi connectivity index (χ4v) is 3.50. The third kappa shape index (κ3) is 5.69. The minimum Gasteiger partial charge on any atom is -0.302 e. The first kappa shape index (κ1) is 17.5. The summed E-state index contributed by atoms with van der Waals surface area (Å²) < 4.78 is 25.5. The van der Waals surface area contributed by atoms with E-state index in [2.05, 4.69) is 24.1 Å². The lowest BCUT2D eigenvalue weighted by Gasteiger charge is -2.24. The molecule has 0 aliphatic carbocycles. The molecule has 23 heavy (non-hydrogen) atoms. The predicted molar refractivity (Wildman–Crippen MR) is 96.0 cm³/mol. The lowest BCUT2D eigenvalue weighted by atomic mass is 10.2. The van der Waals surface area contributed by atoms with E-state index in [-0.39, 0.29) is 0 Å². The predicted octanol–water partition coefficient (Wildman–Crippen LogP) is 2.97. The molecule has 0 aliphatic rings. The van der Waals surface area contributed by atoms with Crippen LogP contribution >= 0.6 is 0 Å². The summed E-state index contributed by atoms with van der Waals surface area (Å²) in [5.74, 6) is 0. The van der Waals surface area contributed by atoms with Crippen LogP contribution in [-0.2, 0) is 16.6 Å². The normalized spacial score (nSPS) is 11.6. The van der Waals surface area contributed by atoms with Crippen LogP contribution in [0.2, 0.25) is 0 Å². The van der Waals surface area contributed by atoms with Gasteiger partial charge in [-0.15, -0.1) is 0 Å². The van der Waals surface area contributed by atoms with Crippen molar-refractivity contribution in [1.82, 2.24) is 4.90 Å². The standard InChI is InChI=1S/C18H24N2O2S/c1-19(16-17-10-5-3-6-11-17)14-9-15-20(23(2,21)22)18-12-7-4-8-13-18/h3-8,10-13H,9,14-16H2,1-2H3. The highest BCUT2D eigenvalue weighted by atomic mass is 32.2. The van der Waals surface area contributed by atoms with Crippen molar-refractivity contribution in [2.45, 2.75) is 13.0 Å². The summed E-state index contributed by atoms with van der Waals surface area (Å²) in [7, 11) is -1.20. The Morgan fingerprint density at radius 1 is 0.870 bits per heavy atom. The van der Waals surface area contributed by atoms with E-state index >= 15 is 0 Å². The average Bonchev–Trinajstić information content (AvgIpc) is 2.52. The SMILES string of the molecule is CN(CCCN(c1ccccc1)S(C)(=O)=O)Cc1ccccc1. The molecular weight excluding hydrogens is 308 g/mol. The van der Waals surface area contributed by atoms with Gasteiger partial charge in [0, 0.05) is 13.1 Å². The van der Waals surface area contributed by atoms with Crippen LogP contribution in [0.25, 0.3) is 0 Å². The van der Waals surface area contributed by atoms with Gasteiger partial charge in [-0.2, -0.15) is 0 Å². The molecule has 124 valence electrons. The van der Waals surface area contributed by atoms with E-state index in [4.69, 9.17) is 0 Å². The van der Waals surface area contributed by atoms with Crippen LogP contribution in [0.15, 0.2) is 60.7 Å². The minimum absolute atomic E-state index is 0.488. The third-order valence-corrected chi connectivity index (χ3v) is 4.83. The van der Waals surface area contributed by atoms with Crippen LogP contribution in [-0.4, -0.2) is 39.7 Å². The summed E-state index contributed by atoms with van der Waals surface area (Å²) in [6, 6.07) is 19.5. The van der Waals surface area contributed by atoms with Crippen molar-refractivity contribution >= 4 is 15.7 Å². The van der Waals surface area contributed by atoms with Gasteiger partial charge in [-0.3, -0.25) is 4.31 Å². The highest BCUT2D eigenvalue weighted by Gasteiger charge is 2.16. The Morgan fingerprint density at radius 2 is 1.43 bits per heavy atom. The Labute approximate surface area is 139 Å². The highest BCUT2D eigenvalue weighted by Crippen LogP contribution is 2.17. The first-order valence-corrected chi connectivity index (χ1v) is 9.57. The Hall–Kier alpha value is -1.85. The van der Waals surface area contributed by atoms with Gasteiger partial charge in [-0.05, 0) is 37.7 Å². The summed E-state index contributed by atoms with van der Waals surface area (Å²) in [5, 5.41) is 0. The van der Waals surface area contributed by atoms with Crippen LogP contribution in [0, 0.1) is 0 Å². The second kappa shape index (κ2) is 8.13. The van der Waals surface area contributed by atoms with Gasteiger partial charge in [-0.25, -0.2) is 8.42 Å². The zero-order valence-corrected chi connectivity index (χ0v) is 14.5. The quantitative estimate of drug-likeness (QED) is 0.746. The van der Waals surface area contributed by atoms with Gasteiger partial charge in [0.25, 0.3) is 0 Å². The van der Waals surface area contributed by atoms with Gasteiger partial charge in [-0.1, -0.05) is 48.5 Å². The second-order valence-electron chi connectivity index (χ2n) is 5.75. The molecule has 0 heterocycles. The molecule has 4 nitrogen and oxygen atoms in total. The minimum atomic E-state index is -3.26. The maximum atomic E-state index is 12.0. The third-order valence-electron chi connectivity index (χ3n) is 3.64. The van der Waals surface area contributed by atoms with E-state index in [9.17, 15) is 8.42 Å². The molecule has 2 rings (SSSR count). The molecular formula is C18H24N2O2S. The zero-order chi connectivity index (χ0) is 16.7. The Balaban J connectivity index is 1.90. The largest absolute Gasteiger partial charge is 0.302 e. The van der Waals surface area contributed by atoms with Crippen molar-refractivity contribution in [1.29, 1.82) is 0 Å². The molecule has 0 bridgehead atoms. The number of hydrogen-bond acceptors (Lipinski definition) is 3. The van der Waals surface area contributed by atoms with Crippen molar-refractivity contribution in [3.05, 3.63) is 66.2 Å². The lowest BCUT2D eigenvalue weighted by Crippen LogP contribution is -2.32. The van der Waals surface area contributed by atoms with Gasteiger partial charge in [0.1, 0.15) is 0 Å². The van der Waals surface area contributed by atoms with Crippen LogP contribution < -0.4 is 4.31 Å². The van der Waals surface area contributed by atoms with E-state index in [1.807, 2.05) is 48.5 Å². The molecule has 0 fully saturated rings. The van der Waals surface area contributed by atoms with Gasteiger partial charge >= 0.3 is 0 Å². The molecule has 0 radical (unpaired) electrons. The van der Waals surface area contributed by atoms with Crippen molar-refractivity contribution in [3.63, 3.8) is 0 Å². The first-order valence-electron chi connectivity index (χ1n) is 7.72. The summed E-state index contributed by atoms with van der Waals surface area (Å²) in [6.45, 7) is 2.20. The maximum Gasteiger partial charge on any atom is 0.232 e. The van der Waals surface area contributed by atoms with Crippen LogP contribution in [0.1, 0.15) is 12.0 Å². The fraction of sp³-hybridized carbons (Fsp3) is 0.333. The molecule has 0 aromatic heterocycles. The van der Waals surface area contributed by atoms with E-state index in [0.29, 0.717) is 6.54 Å². The molecule has 0 saturated carbocycles. The van der Waals surface area contributed by atoms with Crippen LogP contribution in [0.4, 0.5) is 5.69 Å². The highest BCUT2D eigenvalue weighted by molar-refractivity contribution is 7.92. The Bertz CT molecular complexity index is 687. The number of para-hydroxylation sites is 1. The second-order valence-corrected chi connectivity index (χ2v) is 7.65. The Morgan fingerprint density at radius 3 is 2.00 bits per heavy atom. The van der Waals surface area contributed by atoms with E-state index in [1.54, 1.807) is 0 Å². The molecule has 5 heteroatoms. The van der Waals surface area contributed by atoms with Gasteiger partial charge in [0.2, 0.25) is 10.0 Å². The number of sulfonamides is 1. The van der Waals surface area contributed by atoms with Gasteiger partial charge in [0.15, 0.2) is 0 Å². The molecule has 0 spiro atoms. The van der Waals surface area contributed by atoms with Crippen molar-refractivity contribution in [2.24, 2.45) is 0 Å².